The minimum atomic E-state index is -0.108. The molecule has 0 amide bonds. The van der Waals surface area contributed by atoms with Crippen LogP contribution in [0.4, 0.5) is 0 Å². The molecule has 0 aliphatic carbocycles. The monoisotopic (exact) mass is 186 g/mol. The number of piperazine rings is 1. The lowest BCUT2D eigenvalue weighted by Crippen LogP contribution is -2.48. The summed E-state index contributed by atoms with van der Waals surface area (Å²) in [7, 11) is 0. The number of hydrogen-bond donors (Lipinski definition) is 2. The lowest BCUT2D eigenvalue weighted by molar-refractivity contribution is -0.143. The van der Waals surface area contributed by atoms with Crippen LogP contribution in [0.2, 0.25) is 0 Å². The highest BCUT2D eigenvalue weighted by molar-refractivity contribution is 5.68. The first-order valence-corrected chi connectivity index (χ1v) is 4.92. The van der Waals surface area contributed by atoms with Gasteiger partial charge in [0.1, 0.15) is 0 Å². The molecule has 4 heteroatoms. The molecule has 1 heterocycles. The lowest BCUT2D eigenvalue weighted by atomic mass is 10.2. The van der Waals surface area contributed by atoms with Gasteiger partial charge in [0, 0.05) is 32.1 Å². The molecule has 1 unspecified atom stereocenters. The van der Waals surface area contributed by atoms with Gasteiger partial charge in [0.25, 0.3) is 0 Å². The minimum Gasteiger partial charge on any atom is -0.466 e. The largest absolute Gasteiger partial charge is 0.466 e. The van der Waals surface area contributed by atoms with Gasteiger partial charge in [-0.05, 0) is 6.42 Å². The van der Waals surface area contributed by atoms with E-state index in [-0.39, 0.29) is 5.97 Å². The Balaban J connectivity index is 2.01. The molecule has 0 spiro atoms. The zero-order valence-corrected chi connectivity index (χ0v) is 8.14. The van der Waals surface area contributed by atoms with E-state index in [1.807, 2.05) is 6.92 Å². The summed E-state index contributed by atoms with van der Waals surface area (Å²) >= 11 is 0. The molecular formula is C9H18N2O2. The molecule has 1 fully saturated rings. The smallest absolute Gasteiger partial charge is 0.305 e. The molecule has 1 aliphatic heterocycles. The Hall–Kier alpha value is -0.610. The fourth-order valence-electron chi connectivity index (χ4n) is 1.33. The first kappa shape index (κ1) is 10.5. The van der Waals surface area contributed by atoms with Gasteiger partial charge in [0.05, 0.1) is 6.61 Å². The van der Waals surface area contributed by atoms with Crippen molar-refractivity contribution in [2.45, 2.75) is 25.8 Å². The Morgan fingerprint density at radius 1 is 1.54 bits per heavy atom. The Labute approximate surface area is 79.0 Å². The summed E-state index contributed by atoms with van der Waals surface area (Å²) in [6, 6.07) is 0.457. The summed E-state index contributed by atoms with van der Waals surface area (Å²) in [5, 5.41) is 6.64. The fraction of sp³-hybridized carbons (Fsp3) is 0.889. The number of esters is 1. The molecular weight excluding hydrogens is 168 g/mol. The van der Waals surface area contributed by atoms with Crippen LogP contribution in [0, 0.1) is 0 Å². The number of ether oxygens (including phenoxy) is 1. The fourth-order valence-corrected chi connectivity index (χ4v) is 1.33. The van der Waals surface area contributed by atoms with Gasteiger partial charge in [0.15, 0.2) is 0 Å². The summed E-state index contributed by atoms with van der Waals surface area (Å²) < 4.78 is 4.99. The topological polar surface area (TPSA) is 50.4 Å². The van der Waals surface area contributed by atoms with Crippen LogP contribution in [0.1, 0.15) is 19.8 Å². The number of carbonyl (C=O) groups is 1. The van der Waals surface area contributed by atoms with Gasteiger partial charge >= 0.3 is 5.97 Å². The standard InChI is InChI=1S/C9H18N2O2/c1-2-9(12)13-6-3-8-7-10-4-5-11-8/h8,10-11H,2-7H2,1H3. The molecule has 0 radical (unpaired) electrons. The van der Waals surface area contributed by atoms with Crippen molar-refractivity contribution in [2.75, 3.05) is 26.2 Å². The van der Waals surface area contributed by atoms with Gasteiger partial charge in [-0.25, -0.2) is 0 Å². The molecule has 76 valence electrons. The van der Waals surface area contributed by atoms with E-state index in [1.54, 1.807) is 0 Å². The van der Waals surface area contributed by atoms with E-state index in [2.05, 4.69) is 10.6 Å². The first-order chi connectivity index (χ1) is 6.33. The maximum absolute atomic E-state index is 10.8. The van der Waals surface area contributed by atoms with Gasteiger partial charge in [-0.3, -0.25) is 4.79 Å². The third kappa shape index (κ3) is 4.24. The van der Waals surface area contributed by atoms with Crippen LogP contribution in [-0.2, 0) is 9.53 Å². The van der Waals surface area contributed by atoms with Crippen LogP contribution in [0.5, 0.6) is 0 Å². The average molecular weight is 186 g/mol. The van der Waals surface area contributed by atoms with E-state index in [9.17, 15) is 4.79 Å². The van der Waals surface area contributed by atoms with Gasteiger partial charge in [-0.2, -0.15) is 0 Å². The van der Waals surface area contributed by atoms with E-state index in [0.29, 0.717) is 19.1 Å². The average Bonchev–Trinajstić information content (AvgIpc) is 2.19. The second-order valence-electron chi connectivity index (χ2n) is 3.22. The van der Waals surface area contributed by atoms with E-state index < -0.39 is 0 Å². The first-order valence-electron chi connectivity index (χ1n) is 4.92. The Morgan fingerprint density at radius 3 is 3.00 bits per heavy atom. The van der Waals surface area contributed by atoms with Crippen molar-refractivity contribution < 1.29 is 9.53 Å². The van der Waals surface area contributed by atoms with Gasteiger partial charge in [0.2, 0.25) is 0 Å². The zero-order valence-electron chi connectivity index (χ0n) is 8.14. The second-order valence-corrected chi connectivity index (χ2v) is 3.22. The van der Waals surface area contributed by atoms with E-state index in [1.165, 1.54) is 0 Å². The van der Waals surface area contributed by atoms with Crippen molar-refractivity contribution in [2.24, 2.45) is 0 Å². The van der Waals surface area contributed by atoms with Gasteiger partial charge in [-0.1, -0.05) is 6.92 Å². The van der Waals surface area contributed by atoms with Crippen LogP contribution in [-0.4, -0.2) is 38.3 Å². The molecule has 0 saturated carbocycles. The lowest BCUT2D eigenvalue weighted by Gasteiger charge is -2.24. The van der Waals surface area contributed by atoms with Crippen molar-refractivity contribution in [1.29, 1.82) is 0 Å². The Bertz CT molecular complexity index is 156. The summed E-state index contributed by atoms with van der Waals surface area (Å²) in [6.45, 7) is 5.36. The molecule has 0 bridgehead atoms. The molecule has 1 atom stereocenters. The molecule has 13 heavy (non-hydrogen) atoms. The number of carbonyl (C=O) groups excluding carboxylic acids is 1. The quantitative estimate of drug-likeness (QED) is 0.602. The molecule has 0 aromatic rings. The van der Waals surface area contributed by atoms with Crippen LogP contribution >= 0.6 is 0 Å². The van der Waals surface area contributed by atoms with Crippen molar-refractivity contribution in [1.82, 2.24) is 10.6 Å². The maximum Gasteiger partial charge on any atom is 0.305 e. The van der Waals surface area contributed by atoms with E-state index in [0.717, 1.165) is 26.1 Å². The maximum atomic E-state index is 10.8. The van der Waals surface area contributed by atoms with Gasteiger partial charge in [-0.15, -0.1) is 0 Å². The minimum absolute atomic E-state index is 0.108. The number of rotatable bonds is 4. The van der Waals surface area contributed by atoms with Crippen molar-refractivity contribution in [3.8, 4) is 0 Å². The zero-order chi connectivity index (χ0) is 9.52. The van der Waals surface area contributed by atoms with E-state index >= 15 is 0 Å². The summed E-state index contributed by atoms with van der Waals surface area (Å²) in [6.07, 6.45) is 1.37. The SMILES string of the molecule is CCC(=O)OCCC1CNCCN1. The van der Waals surface area contributed by atoms with Crippen molar-refractivity contribution in [3.63, 3.8) is 0 Å². The Morgan fingerprint density at radius 2 is 2.38 bits per heavy atom. The third-order valence-electron chi connectivity index (χ3n) is 2.14. The molecule has 1 rings (SSSR count). The summed E-state index contributed by atoms with van der Waals surface area (Å²) in [5.74, 6) is -0.108. The van der Waals surface area contributed by atoms with Crippen LogP contribution in [0.25, 0.3) is 0 Å². The van der Waals surface area contributed by atoms with Crippen LogP contribution in [0.3, 0.4) is 0 Å². The molecule has 1 saturated heterocycles. The molecule has 0 aromatic heterocycles. The third-order valence-corrected chi connectivity index (χ3v) is 2.14. The highest BCUT2D eigenvalue weighted by atomic mass is 16.5. The van der Waals surface area contributed by atoms with Crippen LogP contribution < -0.4 is 10.6 Å². The molecule has 1 aliphatic rings. The predicted molar refractivity (Wildman–Crippen MR) is 50.5 cm³/mol. The summed E-state index contributed by atoms with van der Waals surface area (Å²) in [5.41, 5.74) is 0. The molecule has 0 aromatic carbocycles. The highest BCUT2D eigenvalue weighted by Gasteiger charge is 2.11. The van der Waals surface area contributed by atoms with Gasteiger partial charge < -0.3 is 15.4 Å². The number of hydrogen-bond acceptors (Lipinski definition) is 4. The normalized spacial score (nSPS) is 22.7. The molecule has 4 nitrogen and oxygen atoms in total. The van der Waals surface area contributed by atoms with Crippen molar-refractivity contribution in [3.05, 3.63) is 0 Å². The molecule has 2 N–H and O–H groups in total. The van der Waals surface area contributed by atoms with Crippen LogP contribution in [0.15, 0.2) is 0 Å². The predicted octanol–water partition coefficient (Wildman–Crippen LogP) is -0.109. The van der Waals surface area contributed by atoms with E-state index in [4.69, 9.17) is 4.74 Å². The number of nitrogens with one attached hydrogen (secondary N) is 2. The second kappa shape index (κ2) is 5.94. The summed E-state index contributed by atoms with van der Waals surface area (Å²) in [4.78, 5) is 10.8. The van der Waals surface area contributed by atoms with Crippen molar-refractivity contribution >= 4 is 5.97 Å². The Kier molecular flexibility index (Phi) is 4.78. The highest BCUT2D eigenvalue weighted by Crippen LogP contribution is 1.95.